The summed E-state index contributed by atoms with van der Waals surface area (Å²) in [4.78, 5) is 21.0. The van der Waals surface area contributed by atoms with Gasteiger partial charge in [0.25, 0.3) is 0 Å². The van der Waals surface area contributed by atoms with Crippen molar-refractivity contribution in [2.75, 3.05) is 12.9 Å². The molecule has 0 saturated carbocycles. The number of thioether (sulfide) groups is 1. The van der Waals surface area contributed by atoms with Gasteiger partial charge in [0.15, 0.2) is 10.9 Å². The maximum absolute atomic E-state index is 12.3. The van der Waals surface area contributed by atoms with Gasteiger partial charge in [-0.05, 0) is 29.5 Å². The van der Waals surface area contributed by atoms with Gasteiger partial charge in [-0.25, -0.2) is 14.8 Å². The molecule has 4 nitrogen and oxygen atoms in total. The van der Waals surface area contributed by atoms with Gasteiger partial charge in [0, 0.05) is 11.8 Å². The summed E-state index contributed by atoms with van der Waals surface area (Å²) in [5.74, 6) is -0.423. The second-order valence-electron chi connectivity index (χ2n) is 4.87. The molecule has 0 aliphatic rings. The third-order valence-electron chi connectivity index (χ3n) is 3.50. The molecule has 0 radical (unpaired) electrons. The monoisotopic (exact) mass is 324 g/mol. The average Bonchev–Trinajstić information content (AvgIpc) is 2.61. The summed E-state index contributed by atoms with van der Waals surface area (Å²) >= 11 is 1.40. The Hall–Kier alpha value is -2.40. The summed E-state index contributed by atoms with van der Waals surface area (Å²) < 4.78 is 5.16. The van der Waals surface area contributed by atoms with Crippen molar-refractivity contribution in [3.05, 3.63) is 54.4 Å². The summed E-state index contributed by atoms with van der Waals surface area (Å²) in [6, 6.07) is 14.0. The normalized spacial score (nSPS) is 10.7. The number of aromatic nitrogens is 2. The van der Waals surface area contributed by atoms with Crippen LogP contribution in [0.5, 0.6) is 0 Å². The van der Waals surface area contributed by atoms with E-state index in [2.05, 4.69) is 9.97 Å². The minimum absolute atomic E-state index is 0.308. The van der Waals surface area contributed by atoms with Crippen LogP contribution in [0, 0.1) is 0 Å². The molecule has 116 valence electrons. The van der Waals surface area contributed by atoms with Crippen LogP contribution in [-0.2, 0) is 4.74 Å². The van der Waals surface area contributed by atoms with Gasteiger partial charge in [-0.1, -0.05) is 54.2 Å². The Bertz CT molecular complexity index is 859. The first-order valence-corrected chi connectivity index (χ1v) is 8.53. The van der Waals surface area contributed by atoms with E-state index in [4.69, 9.17) is 4.74 Å². The van der Waals surface area contributed by atoms with E-state index in [0.717, 1.165) is 16.3 Å². The Morgan fingerprint density at radius 2 is 1.91 bits per heavy atom. The number of carbonyl (C=O) groups is 1. The predicted octanol–water partition coefficient (Wildman–Crippen LogP) is 4.20. The van der Waals surface area contributed by atoms with E-state index in [0.29, 0.717) is 23.0 Å². The Morgan fingerprint density at radius 1 is 1.13 bits per heavy atom. The molecule has 0 aliphatic carbocycles. The van der Waals surface area contributed by atoms with Gasteiger partial charge in [-0.15, -0.1) is 0 Å². The Balaban J connectivity index is 2.23. The lowest BCUT2D eigenvalue weighted by Gasteiger charge is -2.11. The molecule has 3 aromatic rings. The van der Waals surface area contributed by atoms with Crippen molar-refractivity contribution < 1.29 is 9.53 Å². The highest BCUT2D eigenvalue weighted by molar-refractivity contribution is 7.98. The molecule has 0 fully saturated rings. The maximum Gasteiger partial charge on any atom is 0.357 e. The standard InChI is InChI=1S/C18H16N2O2S/c1-3-22-17(21)16-15(11-19-18(20-16)23-2)14-10-6-8-12-7-4-5-9-13(12)14/h4-11H,3H2,1-2H3. The lowest BCUT2D eigenvalue weighted by Crippen LogP contribution is -2.10. The van der Waals surface area contributed by atoms with Crippen molar-refractivity contribution in [2.24, 2.45) is 0 Å². The lowest BCUT2D eigenvalue weighted by molar-refractivity contribution is 0.0519. The number of hydrogen-bond acceptors (Lipinski definition) is 5. The van der Waals surface area contributed by atoms with Crippen molar-refractivity contribution in [2.45, 2.75) is 12.1 Å². The summed E-state index contributed by atoms with van der Waals surface area (Å²) in [6.45, 7) is 2.10. The highest BCUT2D eigenvalue weighted by Gasteiger charge is 2.19. The van der Waals surface area contributed by atoms with E-state index in [1.165, 1.54) is 11.8 Å². The van der Waals surface area contributed by atoms with Gasteiger partial charge in [-0.3, -0.25) is 0 Å². The van der Waals surface area contributed by atoms with Gasteiger partial charge in [0.2, 0.25) is 0 Å². The van der Waals surface area contributed by atoms with Crippen molar-refractivity contribution in [1.29, 1.82) is 0 Å². The van der Waals surface area contributed by atoms with Gasteiger partial charge in [0.05, 0.1) is 6.61 Å². The SMILES string of the molecule is CCOC(=O)c1nc(SC)ncc1-c1cccc2ccccc12. The molecule has 23 heavy (non-hydrogen) atoms. The maximum atomic E-state index is 12.3. The van der Waals surface area contributed by atoms with Crippen molar-refractivity contribution in [3.8, 4) is 11.1 Å². The largest absolute Gasteiger partial charge is 0.461 e. The summed E-state index contributed by atoms with van der Waals surface area (Å²) in [7, 11) is 0. The predicted molar refractivity (Wildman–Crippen MR) is 92.7 cm³/mol. The number of rotatable bonds is 4. The van der Waals surface area contributed by atoms with Gasteiger partial charge in [0.1, 0.15) is 0 Å². The molecule has 0 unspecified atom stereocenters. The number of esters is 1. The summed E-state index contributed by atoms with van der Waals surface area (Å²) in [5.41, 5.74) is 1.93. The van der Waals surface area contributed by atoms with E-state index in [1.54, 1.807) is 13.1 Å². The van der Waals surface area contributed by atoms with Crippen LogP contribution in [0.25, 0.3) is 21.9 Å². The zero-order valence-electron chi connectivity index (χ0n) is 12.9. The van der Waals surface area contributed by atoms with Crippen LogP contribution in [0.1, 0.15) is 17.4 Å². The highest BCUT2D eigenvalue weighted by atomic mass is 32.2. The number of carbonyl (C=O) groups excluding carboxylic acids is 1. The van der Waals surface area contributed by atoms with Crippen LogP contribution in [0.4, 0.5) is 0 Å². The van der Waals surface area contributed by atoms with E-state index in [-0.39, 0.29) is 0 Å². The second-order valence-corrected chi connectivity index (χ2v) is 5.64. The number of nitrogens with zero attached hydrogens (tertiary/aromatic N) is 2. The Morgan fingerprint density at radius 3 is 2.70 bits per heavy atom. The molecule has 3 rings (SSSR count). The van der Waals surface area contributed by atoms with Crippen LogP contribution in [0.15, 0.2) is 53.8 Å². The molecule has 0 aliphatic heterocycles. The van der Waals surface area contributed by atoms with Crippen molar-refractivity contribution >= 4 is 28.5 Å². The van der Waals surface area contributed by atoms with E-state index in [9.17, 15) is 4.79 Å². The molecule has 0 spiro atoms. The van der Waals surface area contributed by atoms with Crippen molar-refractivity contribution in [3.63, 3.8) is 0 Å². The smallest absolute Gasteiger partial charge is 0.357 e. The Labute approximate surface area is 138 Å². The fourth-order valence-electron chi connectivity index (χ4n) is 2.48. The number of hydrogen-bond donors (Lipinski definition) is 0. The quantitative estimate of drug-likeness (QED) is 0.409. The molecular formula is C18H16N2O2S. The van der Waals surface area contributed by atoms with Gasteiger partial charge < -0.3 is 4.74 Å². The molecule has 0 N–H and O–H groups in total. The first-order valence-electron chi connectivity index (χ1n) is 7.31. The fraction of sp³-hybridized carbons (Fsp3) is 0.167. The minimum Gasteiger partial charge on any atom is -0.461 e. The first kappa shape index (κ1) is 15.5. The third kappa shape index (κ3) is 3.05. The van der Waals surface area contributed by atoms with Gasteiger partial charge >= 0.3 is 5.97 Å². The van der Waals surface area contributed by atoms with Gasteiger partial charge in [-0.2, -0.15) is 0 Å². The average molecular weight is 324 g/mol. The summed E-state index contributed by atoms with van der Waals surface area (Å²) in [5, 5.41) is 2.71. The van der Waals surface area contributed by atoms with Crippen LogP contribution < -0.4 is 0 Å². The Kier molecular flexibility index (Phi) is 4.57. The molecule has 1 heterocycles. The van der Waals surface area contributed by atoms with Crippen LogP contribution in [-0.4, -0.2) is 28.8 Å². The zero-order chi connectivity index (χ0) is 16.2. The molecule has 0 atom stereocenters. The molecule has 2 aromatic carbocycles. The van der Waals surface area contributed by atoms with Crippen molar-refractivity contribution in [1.82, 2.24) is 9.97 Å². The molecule has 1 aromatic heterocycles. The van der Waals surface area contributed by atoms with E-state index >= 15 is 0 Å². The molecule has 5 heteroatoms. The number of benzene rings is 2. The fourth-order valence-corrected chi connectivity index (χ4v) is 2.82. The molecule has 0 amide bonds. The molecular weight excluding hydrogens is 308 g/mol. The van der Waals surface area contributed by atoms with Crippen LogP contribution in [0.3, 0.4) is 0 Å². The highest BCUT2D eigenvalue weighted by Crippen LogP contribution is 2.31. The minimum atomic E-state index is -0.423. The van der Waals surface area contributed by atoms with E-state index < -0.39 is 5.97 Å². The lowest BCUT2D eigenvalue weighted by atomic mass is 9.98. The summed E-state index contributed by atoms with van der Waals surface area (Å²) in [6.07, 6.45) is 3.58. The number of ether oxygens (including phenoxy) is 1. The molecule has 0 bridgehead atoms. The van der Waals surface area contributed by atoms with E-state index in [1.807, 2.05) is 48.7 Å². The molecule has 0 saturated heterocycles. The topological polar surface area (TPSA) is 52.1 Å². The number of fused-ring (bicyclic) bond motifs is 1. The zero-order valence-corrected chi connectivity index (χ0v) is 13.8. The first-order chi connectivity index (χ1) is 11.2. The van der Waals surface area contributed by atoms with Crippen LogP contribution >= 0.6 is 11.8 Å². The second kappa shape index (κ2) is 6.79. The van der Waals surface area contributed by atoms with Crippen LogP contribution in [0.2, 0.25) is 0 Å². The third-order valence-corrected chi connectivity index (χ3v) is 4.06.